The number of benzene rings is 1. The molecule has 1 aromatic carbocycles. The van der Waals surface area contributed by atoms with Gasteiger partial charge in [-0.15, -0.1) is 0 Å². The molecule has 1 aliphatic rings. The van der Waals surface area contributed by atoms with Crippen molar-refractivity contribution in [3.8, 4) is 0 Å². The molecule has 0 bridgehead atoms. The van der Waals surface area contributed by atoms with Crippen molar-refractivity contribution in [2.45, 2.75) is 25.2 Å². The van der Waals surface area contributed by atoms with Gasteiger partial charge in [-0.05, 0) is 18.2 Å². The van der Waals surface area contributed by atoms with Crippen LogP contribution in [0.3, 0.4) is 0 Å². The van der Waals surface area contributed by atoms with E-state index in [1.807, 2.05) is 19.2 Å². The van der Waals surface area contributed by atoms with E-state index in [4.69, 9.17) is 5.21 Å². The fourth-order valence-electron chi connectivity index (χ4n) is 1.73. The van der Waals surface area contributed by atoms with Gasteiger partial charge in [-0.25, -0.2) is 0 Å². The van der Waals surface area contributed by atoms with Gasteiger partial charge in [0.15, 0.2) is 6.10 Å². The maximum atomic E-state index is 12.6. The first-order valence-electron chi connectivity index (χ1n) is 5.57. The minimum atomic E-state index is -3.08. The topological polar surface area (TPSA) is 57.2 Å². The van der Waals surface area contributed by atoms with Crippen LogP contribution in [0.15, 0.2) is 29.4 Å². The van der Waals surface area contributed by atoms with E-state index in [1.54, 1.807) is 12.1 Å². The second-order valence-electron chi connectivity index (χ2n) is 4.15. The van der Waals surface area contributed by atoms with Gasteiger partial charge < -0.3 is 15.3 Å². The fourth-order valence-corrected chi connectivity index (χ4v) is 1.73. The van der Waals surface area contributed by atoms with E-state index < -0.39 is 12.2 Å². The summed E-state index contributed by atoms with van der Waals surface area (Å²) in [6.45, 7) is 0.718. The van der Waals surface area contributed by atoms with Crippen LogP contribution < -0.4 is 5.32 Å². The van der Waals surface area contributed by atoms with Crippen LogP contribution in [-0.4, -0.2) is 30.2 Å². The van der Waals surface area contributed by atoms with Gasteiger partial charge in [0.25, 0.3) is 0 Å². The summed E-state index contributed by atoms with van der Waals surface area (Å²) in [6.07, 6.45) is -4.36. The molecule has 2 rings (SSSR count). The van der Waals surface area contributed by atoms with Crippen molar-refractivity contribution in [1.82, 2.24) is 5.32 Å². The first kappa shape index (κ1) is 12.9. The minimum absolute atomic E-state index is 0.102. The Kier molecular flexibility index (Phi) is 3.58. The van der Waals surface area contributed by atoms with Crippen LogP contribution in [0, 0.1) is 0 Å². The summed E-state index contributed by atoms with van der Waals surface area (Å²) >= 11 is 0. The summed E-state index contributed by atoms with van der Waals surface area (Å²) in [6, 6.07) is 7.18. The third kappa shape index (κ3) is 2.83. The van der Waals surface area contributed by atoms with Crippen molar-refractivity contribution in [3.63, 3.8) is 0 Å². The molecular formula is C12H14F2N2O2. The summed E-state index contributed by atoms with van der Waals surface area (Å²) < 4.78 is 29.4. The summed E-state index contributed by atoms with van der Waals surface area (Å²) in [5, 5.41) is 14.9. The zero-order valence-corrected chi connectivity index (χ0v) is 9.86. The Morgan fingerprint density at radius 1 is 1.44 bits per heavy atom. The molecule has 1 aliphatic heterocycles. The number of ether oxygens (including phenoxy) is 1. The van der Waals surface area contributed by atoms with Gasteiger partial charge in [0.05, 0.1) is 5.71 Å². The predicted molar refractivity (Wildman–Crippen MR) is 62.0 cm³/mol. The molecule has 0 amide bonds. The number of epoxide rings is 1. The van der Waals surface area contributed by atoms with Crippen LogP contribution in [0.25, 0.3) is 0 Å². The highest BCUT2D eigenvalue weighted by atomic mass is 19.3. The highest BCUT2D eigenvalue weighted by Crippen LogP contribution is 2.42. The molecule has 98 valence electrons. The average molecular weight is 256 g/mol. The molecule has 1 heterocycles. The van der Waals surface area contributed by atoms with Crippen molar-refractivity contribution < 1.29 is 18.7 Å². The van der Waals surface area contributed by atoms with Crippen LogP contribution in [0.5, 0.6) is 0 Å². The molecule has 1 atom stereocenters. The predicted octanol–water partition coefficient (Wildman–Crippen LogP) is 1.97. The molecule has 0 aliphatic carbocycles. The third-order valence-corrected chi connectivity index (χ3v) is 2.78. The third-order valence-electron chi connectivity index (χ3n) is 2.78. The largest absolute Gasteiger partial charge is 0.411 e. The van der Waals surface area contributed by atoms with E-state index in [0.29, 0.717) is 5.56 Å². The number of halogens is 2. The molecule has 18 heavy (non-hydrogen) atoms. The number of alkyl halides is 2. The van der Waals surface area contributed by atoms with Crippen molar-refractivity contribution in [2.75, 3.05) is 7.05 Å². The van der Waals surface area contributed by atoms with Gasteiger partial charge in [0.2, 0.25) is 0 Å². The number of nitrogens with one attached hydrogen (secondary N) is 1. The van der Waals surface area contributed by atoms with E-state index in [2.05, 4.69) is 15.2 Å². The van der Waals surface area contributed by atoms with Gasteiger partial charge in [-0.3, -0.25) is 0 Å². The maximum absolute atomic E-state index is 12.6. The monoisotopic (exact) mass is 256 g/mol. The smallest absolute Gasteiger partial charge is 0.383 e. The molecule has 1 unspecified atom stereocenters. The van der Waals surface area contributed by atoms with Crippen LogP contribution in [0.1, 0.15) is 17.5 Å². The van der Waals surface area contributed by atoms with Crippen LogP contribution in [-0.2, 0) is 11.3 Å². The Hall–Kier alpha value is -1.53. The van der Waals surface area contributed by atoms with Gasteiger partial charge in [0.1, 0.15) is 0 Å². The Morgan fingerprint density at radius 3 is 2.50 bits per heavy atom. The highest BCUT2D eigenvalue weighted by molar-refractivity contribution is 6.00. The van der Waals surface area contributed by atoms with Crippen LogP contribution in [0.4, 0.5) is 8.78 Å². The second kappa shape index (κ2) is 4.99. The van der Waals surface area contributed by atoms with E-state index in [1.165, 1.54) is 0 Å². The number of hydrogen-bond donors (Lipinski definition) is 2. The highest BCUT2D eigenvalue weighted by Gasteiger charge is 2.59. The fraction of sp³-hybridized carbons (Fsp3) is 0.417. The molecule has 0 aromatic heterocycles. The number of hydrogen-bond acceptors (Lipinski definition) is 4. The SMILES string of the molecule is CNCc1ccc(/C(CC2OC2(F)F)=N/O)cc1. The Morgan fingerprint density at radius 2 is 2.06 bits per heavy atom. The van der Waals surface area contributed by atoms with Crippen molar-refractivity contribution in [3.05, 3.63) is 35.4 Å². The average Bonchev–Trinajstić information content (AvgIpc) is 2.95. The summed E-state index contributed by atoms with van der Waals surface area (Å²) in [7, 11) is 1.83. The summed E-state index contributed by atoms with van der Waals surface area (Å²) in [5.41, 5.74) is 1.88. The maximum Gasteiger partial charge on any atom is 0.383 e. The lowest BCUT2D eigenvalue weighted by Crippen LogP contribution is -2.10. The first-order chi connectivity index (χ1) is 8.56. The van der Waals surface area contributed by atoms with Crippen LogP contribution >= 0.6 is 0 Å². The Balaban J connectivity index is 2.04. The normalized spacial score (nSPS) is 21.9. The lowest BCUT2D eigenvalue weighted by Gasteiger charge is -2.04. The van der Waals surface area contributed by atoms with Gasteiger partial charge >= 0.3 is 6.11 Å². The molecule has 0 radical (unpaired) electrons. The van der Waals surface area contributed by atoms with Crippen LogP contribution in [0.2, 0.25) is 0 Å². The molecule has 0 saturated carbocycles. The second-order valence-corrected chi connectivity index (χ2v) is 4.15. The molecule has 6 heteroatoms. The molecule has 1 fully saturated rings. The first-order valence-corrected chi connectivity index (χ1v) is 5.57. The van der Waals surface area contributed by atoms with E-state index in [0.717, 1.165) is 12.1 Å². The zero-order chi connectivity index (χ0) is 13.2. The van der Waals surface area contributed by atoms with Crippen molar-refractivity contribution in [2.24, 2.45) is 5.16 Å². The zero-order valence-electron chi connectivity index (χ0n) is 9.86. The molecule has 2 N–H and O–H groups in total. The standard InChI is InChI=1S/C12H14F2N2O2/c1-15-7-8-2-4-9(5-3-8)10(16-17)6-11-12(13,14)18-11/h2-5,11,15,17H,6-7H2,1H3/b16-10+. The van der Waals surface area contributed by atoms with Gasteiger partial charge in [0, 0.05) is 13.0 Å². The Labute approximate surface area is 103 Å². The van der Waals surface area contributed by atoms with Crippen molar-refractivity contribution >= 4 is 5.71 Å². The summed E-state index contributed by atoms with van der Waals surface area (Å²) in [5.74, 6) is 0. The lowest BCUT2D eigenvalue weighted by atomic mass is 10.0. The molecule has 0 spiro atoms. The number of oxime groups is 1. The Bertz CT molecular complexity index is 446. The molecular weight excluding hydrogens is 242 g/mol. The summed E-state index contributed by atoms with van der Waals surface area (Å²) in [4.78, 5) is 0. The molecule has 1 aromatic rings. The van der Waals surface area contributed by atoms with Gasteiger partial charge in [-0.2, -0.15) is 8.78 Å². The van der Waals surface area contributed by atoms with Crippen molar-refractivity contribution in [1.29, 1.82) is 0 Å². The molecule has 4 nitrogen and oxygen atoms in total. The van der Waals surface area contributed by atoms with E-state index >= 15 is 0 Å². The lowest BCUT2D eigenvalue weighted by molar-refractivity contribution is 0.00139. The van der Waals surface area contributed by atoms with E-state index in [-0.39, 0.29) is 12.1 Å². The number of rotatable bonds is 5. The number of nitrogens with zero attached hydrogens (tertiary/aromatic N) is 1. The van der Waals surface area contributed by atoms with Gasteiger partial charge in [-0.1, -0.05) is 29.4 Å². The molecule has 1 saturated heterocycles. The van der Waals surface area contributed by atoms with E-state index in [9.17, 15) is 8.78 Å². The minimum Gasteiger partial charge on any atom is -0.411 e. The quantitative estimate of drug-likeness (QED) is 0.366.